The van der Waals surface area contributed by atoms with Crippen LogP contribution in [0.1, 0.15) is 26.3 Å². The number of methoxy groups -OCH3 is 1. The maximum absolute atomic E-state index is 13.2. The summed E-state index contributed by atoms with van der Waals surface area (Å²) in [5.74, 6) is -0.554. The lowest BCUT2D eigenvalue weighted by atomic mass is 9.98. The molecular weight excluding hydrogens is 456 g/mol. The fraction of sp³-hybridized carbons (Fsp3) is 0.200. The summed E-state index contributed by atoms with van der Waals surface area (Å²) in [7, 11) is -2.35. The summed E-state index contributed by atoms with van der Waals surface area (Å²) in [6, 6.07) is 19.4. The van der Waals surface area contributed by atoms with Crippen LogP contribution >= 0.6 is 0 Å². The largest absolute Gasteiger partial charge is 0.495 e. The molecule has 4 rings (SSSR count). The summed E-state index contributed by atoms with van der Waals surface area (Å²) in [6.45, 7) is 1.16. The second-order valence-corrected chi connectivity index (χ2v) is 9.51. The topological polar surface area (TPSA) is 102 Å². The summed E-state index contributed by atoms with van der Waals surface area (Å²) in [6.07, 6.45) is 0. The van der Waals surface area contributed by atoms with Gasteiger partial charge in [-0.25, -0.2) is 8.42 Å². The smallest absolute Gasteiger partial charge is 0.256 e. The number of ketones is 1. The second kappa shape index (κ2) is 10.2. The number of nitrogens with one attached hydrogen (secondary N) is 1. The van der Waals surface area contributed by atoms with E-state index in [4.69, 9.17) is 9.47 Å². The maximum atomic E-state index is 13.2. The molecule has 8 nitrogen and oxygen atoms in total. The summed E-state index contributed by atoms with van der Waals surface area (Å²) < 4.78 is 38.1. The maximum Gasteiger partial charge on any atom is 0.256 e. The van der Waals surface area contributed by atoms with E-state index in [1.54, 1.807) is 54.6 Å². The highest BCUT2D eigenvalue weighted by Gasteiger charge is 2.27. The van der Waals surface area contributed by atoms with Gasteiger partial charge in [-0.2, -0.15) is 4.31 Å². The molecule has 1 saturated heterocycles. The molecule has 0 aliphatic carbocycles. The lowest BCUT2D eigenvalue weighted by Gasteiger charge is -2.26. The van der Waals surface area contributed by atoms with E-state index in [0.29, 0.717) is 24.5 Å². The minimum Gasteiger partial charge on any atom is -0.495 e. The number of nitrogens with zero attached hydrogens (tertiary/aromatic N) is 1. The van der Waals surface area contributed by atoms with Gasteiger partial charge in [-0.3, -0.25) is 9.59 Å². The SMILES string of the molecule is COc1ccc(S(=O)(=O)N2CCOCC2)cc1NC(=O)c1ccccc1C(=O)c1ccccc1. The van der Waals surface area contributed by atoms with Gasteiger partial charge in [0.2, 0.25) is 10.0 Å². The molecular formula is C25H24N2O6S. The number of hydrogen-bond donors (Lipinski definition) is 1. The van der Waals surface area contributed by atoms with Crippen molar-refractivity contribution in [1.82, 2.24) is 4.31 Å². The van der Waals surface area contributed by atoms with Gasteiger partial charge in [-0.15, -0.1) is 0 Å². The Kier molecular flexibility index (Phi) is 7.06. The molecule has 0 saturated carbocycles. The van der Waals surface area contributed by atoms with Crippen LogP contribution in [0.4, 0.5) is 5.69 Å². The molecule has 3 aromatic carbocycles. The number of rotatable bonds is 7. The van der Waals surface area contributed by atoms with Gasteiger partial charge in [0.15, 0.2) is 5.78 Å². The van der Waals surface area contributed by atoms with Crippen LogP contribution in [0, 0.1) is 0 Å². The quantitative estimate of drug-likeness (QED) is 0.521. The van der Waals surface area contributed by atoms with Crippen LogP contribution in [-0.2, 0) is 14.8 Å². The Hall–Kier alpha value is -3.53. The van der Waals surface area contributed by atoms with Crippen molar-refractivity contribution in [2.45, 2.75) is 4.90 Å². The van der Waals surface area contributed by atoms with Gasteiger partial charge in [0.1, 0.15) is 5.75 Å². The number of benzene rings is 3. The first-order valence-corrected chi connectivity index (χ1v) is 12.1. The van der Waals surface area contributed by atoms with E-state index in [0.717, 1.165) is 0 Å². The Morgan fingerprint density at radius 3 is 2.24 bits per heavy atom. The summed E-state index contributed by atoms with van der Waals surface area (Å²) in [5.41, 5.74) is 1.05. The van der Waals surface area contributed by atoms with Gasteiger partial charge >= 0.3 is 0 Å². The number of anilines is 1. The molecule has 1 aliphatic heterocycles. The van der Waals surface area contributed by atoms with Crippen molar-refractivity contribution in [1.29, 1.82) is 0 Å². The third-order valence-corrected chi connectivity index (χ3v) is 7.37. The van der Waals surface area contributed by atoms with E-state index in [-0.39, 0.29) is 40.6 Å². The van der Waals surface area contributed by atoms with E-state index in [1.165, 1.54) is 29.6 Å². The molecule has 0 radical (unpaired) electrons. The number of hydrogen-bond acceptors (Lipinski definition) is 6. The normalized spacial score (nSPS) is 14.4. The van der Waals surface area contributed by atoms with Crippen LogP contribution in [0.15, 0.2) is 77.7 Å². The summed E-state index contributed by atoms with van der Waals surface area (Å²) in [5, 5.41) is 2.72. The van der Waals surface area contributed by atoms with Crippen LogP contribution in [-0.4, -0.2) is 57.8 Å². The number of sulfonamides is 1. The highest BCUT2D eigenvalue weighted by Crippen LogP contribution is 2.30. The molecule has 34 heavy (non-hydrogen) atoms. The number of ether oxygens (including phenoxy) is 2. The van der Waals surface area contributed by atoms with Gasteiger partial charge < -0.3 is 14.8 Å². The molecule has 0 unspecified atom stereocenters. The first-order chi connectivity index (χ1) is 16.4. The van der Waals surface area contributed by atoms with E-state index >= 15 is 0 Å². The Labute approximate surface area is 198 Å². The summed E-state index contributed by atoms with van der Waals surface area (Å²) in [4.78, 5) is 26.2. The summed E-state index contributed by atoms with van der Waals surface area (Å²) >= 11 is 0. The number of amides is 1. The van der Waals surface area contributed by atoms with Crippen molar-refractivity contribution in [3.05, 3.63) is 89.5 Å². The van der Waals surface area contributed by atoms with E-state index in [2.05, 4.69) is 5.32 Å². The fourth-order valence-electron chi connectivity index (χ4n) is 3.70. The first-order valence-electron chi connectivity index (χ1n) is 10.7. The predicted molar refractivity (Wildman–Crippen MR) is 127 cm³/mol. The zero-order valence-electron chi connectivity index (χ0n) is 18.6. The fourth-order valence-corrected chi connectivity index (χ4v) is 5.13. The van der Waals surface area contributed by atoms with E-state index in [9.17, 15) is 18.0 Å². The Bertz CT molecular complexity index is 1300. The van der Waals surface area contributed by atoms with E-state index in [1.807, 2.05) is 0 Å². The van der Waals surface area contributed by atoms with Crippen molar-refractivity contribution in [2.24, 2.45) is 0 Å². The van der Waals surface area contributed by atoms with Gasteiger partial charge in [-0.1, -0.05) is 48.5 Å². The molecule has 0 aromatic heterocycles. The highest BCUT2D eigenvalue weighted by molar-refractivity contribution is 7.89. The molecule has 1 aliphatic rings. The lowest BCUT2D eigenvalue weighted by Crippen LogP contribution is -2.40. The molecule has 1 heterocycles. The molecule has 1 N–H and O–H groups in total. The van der Waals surface area contributed by atoms with Crippen molar-refractivity contribution in [3.63, 3.8) is 0 Å². The van der Waals surface area contributed by atoms with Crippen molar-refractivity contribution in [2.75, 3.05) is 38.7 Å². The molecule has 0 atom stereocenters. The minimum absolute atomic E-state index is 0.0270. The van der Waals surface area contributed by atoms with Crippen LogP contribution in [0.25, 0.3) is 0 Å². The molecule has 176 valence electrons. The third-order valence-electron chi connectivity index (χ3n) is 5.48. The van der Waals surface area contributed by atoms with Crippen LogP contribution < -0.4 is 10.1 Å². The van der Waals surface area contributed by atoms with Crippen molar-refractivity contribution < 1.29 is 27.5 Å². The highest BCUT2D eigenvalue weighted by atomic mass is 32.2. The van der Waals surface area contributed by atoms with Gasteiger partial charge in [-0.05, 0) is 24.3 Å². The lowest BCUT2D eigenvalue weighted by molar-refractivity contribution is 0.0730. The zero-order valence-corrected chi connectivity index (χ0v) is 19.4. The molecule has 0 spiro atoms. The van der Waals surface area contributed by atoms with Crippen LogP contribution in [0.3, 0.4) is 0 Å². The number of carbonyl (C=O) groups excluding carboxylic acids is 2. The monoisotopic (exact) mass is 480 g/mol. The van der Waals surface area contributed by atoms with Crippen molar-refractivity contribution >= 4 is 27.4 Å². The first kappa shape index (κ1) is 23.6. The molecule has 1 fully saturated rings. The Balaban J connectivity index is 1.65. The third kappa shape index (κ3) is 4.86. The molecule has 1 amide bonds. The minimum atomic E-state index is -3.78. The standard InChI is InChI=1S/C25H24N2O6S/c1-32-23-12-11-19(34(30,31)27-13-15-33-16-14-27)17-22(23)26-25(29)21-10-6-5-9-20(21)24(28)18-7-3-2-4-8-18/h2-12,17H,13-16H2,1H3,(H,26,29). The van der Waals surface area contributed by atoms with Gasteiger partial charge in [0.05, 0.1) is 36.5 Å². The van der Waals surface area contributed by atoms with Crippen molar-refractivity contribution in [3.8, 4) is 5.75 Å². The average Bonchev–Trinajstić information content (AvgIpc) is 2.89. The second-order valence-electron chi connectivity index (χ2n) is 7.57. The average molecular weight is 481 g/mol. The molecule has 0 bridgehead atoms. The Morgan fingerprint density at radius 1 is 0.912 bits per heavy atom. The molecule has 3 aromatic rings. The molecule has 9 heteroatoms. The Morgan fingerprint density at radius 2 is 1.56 bits per heavy atom. The zero-order chi connectivity index (χ0) is 24.1. The predicted octanol–water partition coefficient (Wildman–Crippen LogP) is 3.20. The van der Waals surface area contributed by atoms with Gasteiger partial charge in [0.25, 0.3) is 5.91 Å². The number of carbonyl (C=O) groups is 2. The number of morpholine rings is 1. The van der Waals surface area contributed by atoms with Gasteiger partial charge in [0, 0.05) is 24.2 Å². The van der Waals surface area contributed by atoms with Crippen LogP contribution in [0.2, 0.25) is 0 Å². The van der Waals surface area contributed by atoms with E-state index < -0.39 is 15.9 Å². The van der Waals surface area contributed by atoms with Crippen LogP contribution in [0.5, 0.6) is 5.75 Å².